The molecule has 1 aromatic rings. The lowest BCUT2D eigenvalue weighted by Crippen LogP contribution is -2.43. The number of hydrogen-bond donors (Lipinski definition) is 1. The fourth-order valence-corrected chi connectivity index (χ4v) is 2.87. The van der Waals surface area contributed by atoms with Gasteiger partial charge in [-0.1, -0.05) is 19.9 Å². The summed E-state index contributed by atoms with van der Waals surface area (Å²) < 4.78 is 5.13. The average Bonchev–Trinajstić information content (AvgIpc) is 2.87. The van der Waals surface area contributed by atoms with Crippen LogP contribution in [0.1, 0.15) is 26.7 Å². The molecule has 0 radical (unpaired) electrons. The van der Waals surface area contributed by atoms with Crippen molar-refractivity contribution >= 4 is 23.4 Å². The Kier molecular flexibility index (Phi) is 6.74. The number of amides is 3. The van der Waals surface area contributed by atoms with Crippen molar-refractivity contribution in [3.8, 4) is 5.75 Å². The standard InChI is InChI=1S/C19H27N3O4/c1-13(2)8-9-22-18(24)11-16(19(22)25)21(3)12-17(23)20-14-6-5-7-15(10-14)26-4/h5-7,10,13,16H,8-9,11-12H2,1-4H3,(H,20,23). The second kappa shape index (κ2) is 8.80. The van der Waals surface area contributed by atoms with Crippen molar-refractivity contribution in [1.29, 1.82) is 0 Å². The number of likely N-dealkylation sites (tertiary alicyclic amines) is 1. The maximum Gasteiger partial charge on any atom is 0.247 e. The molecule has 1 aliphatic heterocycles. The number of carbonyl (C=O) groups excluding carboxylic acids is 3. The van der Waals surface area contributed by atoms with E-state index in [0.29, 0.717) is 23.9 Å². The van der Waals surface area contributed by atoms with Gasteiger partial charge in [-0.3, -0.25) is 24.2 Å². The summed E-state index contributed by atoms with van der Waals surface area (Å²) in [5.74, 6) is 0.434. The molecule has 3 amide bonds. The number of nitrogens with zero attached hydrogens (tertiary/aromatic N) is 2. The van der Waals surface area contributed by atoms with Gasteiger partial charge in [-0.2, -0.15) is 0 Å². The van der Waals surface area contributed by atoms with E-state index in [1.54, 1.807) is 43.3 Å². The summed E-state index contributed by atoms with van der Waals surface area (Å²) in [6.07, 6.45) is 0.907. The molecule has 1 fully saturated rings. The Morgan fingerprint density at radius 2 is 2.12 bits per heavy atom. The molecular formula is C19H27N3O4. The van der Waals surface area contributed by atoms with Gasteiger partial charge in [0.25, 0.3) is 0 Å². The summed E-state index contributed by atoms with van der Waals surface area (Å²) in [6.45, 7) is 4.57. The molecule has 0 bridgehead atoms. The molecule has 1 unspecified atom stereocenters. The van der Waals surface area contributed by atoms with E-state index in [9.17, 15) is 14.4 Å². The Balaban J connectivity index is 1.92. The number of benzene rings is 1. The molecule has 26 heavy (non-hydrogen) atoms. The molecule has 0 saturated carbocycles. The minimum absolute atomic E-state index is 0.0267. The molecular weight excluding hydrogens is 334 g/mol. The van der Waals surface area contributed by atoms with Gasteiger partial charge >= 0.3 is 0 Å². The predicted molar refractivity (Wildman–Crippen MR) is 98.8 cm³/mol. The minimum Gasteiger partial charge on any atom is -0.497 e. The minimum atomic E-state index is -0.578. The fourth-order valence-electron chi connectivity index (χ4n) is 2.87. The first kappa shape index (κ1) is 19.9. The van der Waals surface area contributed by atoms with Crippen molar-refractivity contribution in [2.45, 2.75) is 32.7 Å². The molecule has 0 aliphatic carbocycles. The smallest absolute Gasteiger partial charge is 0.247 e. The Bertz CT molecular complexity index is 675. The van der Waals surface area contributed by atoms with E-state index in [1.807, 2.05) is 0 Å². The highest BCUT2D eigenvalue weighted by Crippen LogP contribution is 2.20. The number of likely N-dealkylation sites (N-methyl/N-ethyl adjacent to an activating group) is 1. The summed E-state index contributed by atoms with van der Waals surface area (Å²) in [7, 11) is 3.25. The number of carbonyl (C=O) groups is 3. The highest BCUT2D eigenvalue weighted by Gasteiger charge is 2.40. The molecule has 1 aromatic carbocycles. The van der Waals surface area contributed by atoms with Crippen LogP contribution >= 0.6 is 0 Å². The summed E-state index contributed by atoms with van der Waals surface area (Å²) in [4.78, 5) is 39.8. The van der Waals surface area contributed by atoms with Crippen LogP contribution in [0.5, 0.6) is 5.75 Å². The van der Waals surface area contributed by atoms with Gasteiger partial charge in [-0.25, -0.2) is 0 Å². The first-order chi connectivity index (χ1) is 12.3. The van der Waals surface area contributed by atoms with Gasteiger partial charge in [0.15, 0.2) is 0 Å². The van der Waals surface area contributed by atoms with Gasteiger partial charge in [0.05, 0.1) is 26.1 Å². The Labute approximate surface area is 154 Å². The molecule has 1 aliphatic rings. The van der Waals surface area contributed by atoms with Gasteiger partial charge in [-0.05, 0) is 31.5 Å². The van der Waals surface area contributed by atoms with Crippen molar-refractivity contribution in [3.63, 3.8) is 0 Å². The van der Waals surface area contributed by atoms with Crippen LogP contribution in [0, 0.1) is 5.92 Å². The van der Waals surface area contributed by atoms with Crippen molar-refractivity contribution in [2.75, 3.05) is 32.6 Å². The van der Waals surface area contributed by atoms with Crippen LogP contribution in [0.15, 0.2) is 24.3 Å². The first-order valence-electron chi connectivity index (χ1n) is 8.80. The monoisotopic (exact) mass is 361 g/mol. The first-order valence-corrected chi connectivity index (χ1v) is 8.80. The predicted octanol–water partition coefficient (Wildman–Crippen LogP) is 1.74. The lowest BCUT2D eigenvalue weighted by Gasteiger charge is -2.22. The van der Waals surface area contributed by atoms with Gasteiger partial charge in [0, 0.05) is 18.3 Å². The Hall–Kier alpha value is -2.41. The normalized spacial score (nSPS) is 17.3. The third-order valence-electron chi connectivity index (χ3n) is 4.43. The second-order valence-corrected chi connectivity index (χ2v) is 6.98. The SMILES string of the molecule is COc1cccc(NC(=O)CN(C)C2CC(=O)N(CCC(C)C)C2=O)c1. The van der Waals surface area contributed by atoms with Gasteiger partial charge in [-0.15, -0.1) is 0 Å². The lowest BCUT2D eigenvalue weighted by molar-refractivity contribution is -0.139. The number of methoxy groups -OCH3 is 1. The number of anilines is 1. The van der Waals surface area contributed by atoms with E-state index in [2.05, 4.69) is 19.2 Å². The number of hydrogen-bond acceptors (Lipinski definition) is 5. The van der Waals surface area contributed by atoms with Gasteiger partial charge in [0.2, 0.25) is 17.7 Å². The Morgan fingerprint density at radius 3 is 2.77 bits per heavy atom. The van der Waals surface area contributed by atoms with E-state index < -0.39 is 6.04 Å². The van der Waals surface area contributed by atoms with Crippen LogP contribution in [-0.4, -0.2) is 60.8 Å². The van der Waals surface area contributed by atoms with Crippen LogP contribution in [0.2, 0.25) is 0 Å². The molecule has 2 rings (SSSR count). The topological polar surface area (TPSA) is 79.0 Å². The molecule has 0 aromatic heterocycles. The molecule has 0 spiro atoms. The maximum atomic E-state index is 12.5. The maximum absolute atomic E-state index is 12.5. The quantitative estimate of drug-likeness (QED) is 0.714. The van der Waals surface area contributed by atoms with Crippen LogP contribution in [0.3, 0.4) is 0 Å². The van der Waals surface area contributed by atoms with Crippen LogP contribution in [-0.2, 0) is 14.4 Å². The van der Waals surface area contributed by atoms with E-state index in [1.165, 1.54) is 4.90 Å². The zero-order valence-corrected chi connectivity index (χ0v) is 15.8. The summed E-state index contributed by atoms with van der Waals surface area (Å²) in [5.41, 5.74) is 0.620. The summed E-state index contributed by atoms with van der Waals surface area (Å²) in [6, 6.07) is 6.47. The number of imide groups is 1. The lowest BCUT2D eigenvalue weighted by atomic mass is 10.1. The van der Waals surface area contributed by atoms with E-state index >= 15 is 0 Å². The zero-order chi connectivity index (χ0) is 19.3. The highest BCUT2D eigenvalue weighted by molar-refractivity contribution is 6.05. The average molecular weight is 361 g/mol. The summed E-state index contributed by atoms with van der Waals surface area (Å²) >= 11 is 0. The third-order valence-corrected chi connectivity index (χ3v) is 4.43. The van der Waals surface area contributed by atoms with Crippen molar-refractivity contribution in [1.82, 2.24) is 9.80 Å². The molecule has 1 heterocycles. The van der Waals surface area contributed by atoms with Crippen molar-refractivity contribution < 1.29 is 19.1 Å². The number of nitrogens with one attached hydrogen (secondary N) is 1. The zero-order valence-electron chi connectivity index (χ0n) is 15.8. The highest BCUT2D eigenvalue weighted by atomic mass is 16.5. The van der Waals surface area contributed by atoms with Crippen LogP contribution in [0.4, 0.5) is 5.69 Å². The Morgan fingerprint density at radius 1 is 1.38 bits per heavy atom. The van der Waals surface area contributed by atoms with Crippen LogP contribution in [0.25, 0.3) is 0 Å². The molecule has 7 heteroatoms. The molecule has 7 nitrogen and oxygen atoms in total. The summed E-state index contributed by atoms with van der Waals surface area (Å²) in [5, 5.41) is 2.78. The van der Waals surface area contributed by atoms with Crippen LogP contribution < -0.4 is 10.1 Å². The van der Waals surface area contributed by atoms with Gasteiger partial charge < -0.3 is 10.1 Å². The van der Waals surface area contributed by atoms with Crippen molar-refractivity contribution in [3.05, 3.63) is 24.3 Å². The third kappa shape index (κ3) is 5.05. The largest absolute Gasteiger partial charge is 0.497 e. The molecule has 1 atom stereocenters. The number of rotatable bonds is 8. The molecule has 142 valence electrons. The van der Waals surface area contributed by atoms with Gasteiger partial charge in [0.1, 0.15) is 5.75 Å². The van der Waals surface area contributed by atoms with E-state index in [0.717, 1.165) is 6.42 Å². The van der Waals surface area contributed by atoms with E-state index in [4.69, 9.17) is 4.74 Å². The van der Waals surface area contributed by atoms with E-state index in [-0.39, 0.29) is 30.7 Å². The van der Waals surface area contributed by atoms with Crippen molar-refractivity contribution in [2.24, 2.45) is 5.92 Å². The molecule has 1 saturated heterocycles. The fraction of sp³-hybridized carbons (Fsp3) is 0.526. The number of ether oxygens (including phenoxy) is 1. The second-order valence-electron chi connectivity index (χ2n) is 6.98. The molecule has 1 N–H and O–H groups in total.